The zero-order chi connectivity index (χ0) is 18.5. The van der Waals surface area contributed by atoms with Gasteiger partial charge in [-0.3, -0.25) is 9.89 Å². The number of aliphatic imine (C=N–C) groups is 1. The maximum absolute atomic E-state index is 4.43. The Labute approximate surface area is 158 Å². The van der Waals surface area contributed by atoms with Crippen molar-refractivity contribution in [2.24, 2.45) is 4.99 Å². The van der Waals surface area contributed by atoms with Crippen molar-refractivity contribution in [3.05, 3.63) is 29.3 Å². The van der Waals surface area contributed by atoms with Crippen molar-refractivity contribution in [3.8, 4) is 0 Å². The van der Waals surface area contributed by atoms with Gasteiger partial charge in [0.1, 0.15) is 0 Å². The largest absolute Gasteiger partial charge is 0.378 e. The molecule has 1 saturated carbocycles. The zero-order valence-electron chi connectivity index (χ0n) is 16.9. The van der Waals surface area contributed by atoms with Gasteiger partial charge in [0.15, 0.2) is 5.96 Å². The van der Waals surface area contributed by atoms with Crippen LogP contribution in [0.15, 0.2) is 23.2 Å². The van der Waals surface area contributed by atoms with Crippen LogP contribution in [0.4, 0.5) is 5.69 Å². The smallest absolute Gasteiger partial charge is 0.191 e. The summed E-state index contributed by atoms with van der Waals surface area (Å²) >= 11 is 0. The Morgan fingerprint density at radius 3 is 2.65 bits per heavy atom. The van der Waals surface area contributed by atoms with E-state index in [1.807, 2.05) is 7.05 Å². The van der Waals surface area contributed by atoms with Crippen LogP contribution in [0.3, 0.4) is 0 Å². The second kappa shape index (κ2) is 8.76. The molecule has 1 aromatic rings. The van der Waals surface area contributed by atoms with Gasteiger partial charge in [-0.25, -0.2) is 0 Å². The molecule has 0 bridgehead atoms. The van der Waals surface area contributed by atoms with Gasteiger partial charge in [-0.05, 0) is 49.4 Å². The van der Waals surface area contributed by atoms with E-state index in [1.165, 1.54) is 55.5 Å². The first-order valence-electron chi connectivity index (χ1n) is 10.0. The minimum Gasteiger partial charge on any atom is -0.378 e. The molecule has 2 aliphatic rings. The third-order valence-corrected chi connectivity index (χ3v) is 5.91. The molecule has 1 unspecified atom stereocenters. The van der Waals surface area contributed by atoms with E-state index in [0.717, 1.165) is 25.1 Å². The normalized spacial score (nSPS) is 22.0. The van der Waals surface area contributed by atoms with Gasteiger partial charge in [0.2, 0.25) is 0 Å². The van der Waals surface area contributed by atoms with Gasteiger partial charge in [-0.15, -0.1) is 0 Å². The molecule has 1 aromatic carbocycles. The number of benzene rings is 1. The SMILES string of the molecule is CN=C(NCc1ccc(N(C)C)cc1C)NC1CCN(C2CCCC2)C1. The molecule has 1 saturated heterocycles. The fourth-order valence-electron chi connectivity index (χ4n) is 4.23. The number of rotatable bonds is 5. The molecule has 2 N–H and O–H groups in total. The molecule has 5 heteroatoms. The van der Waals surface area contributed by atoms with E-state index in [-0.39, 0.29) is 0 Å². The molecule has 2 fully saturated rings. The van der Waals surface area contributed by atoms with Crippen molar-refractivity contribution in [1.29, 1.82) is 0 Å². The minimum atomic E-state index is 0.513. The molecule has 26 heavy (non-hydrogen) atoms. The molecule has 1 heterocycles. The first kappa shape index (κ1) is 19.0. The molecule has 0 radical (unpaired) electrons. The Hall–Kier alpha value is -1.75. The van der Waals surface area contributed by atoms with Crippen molar-refractivity contribution in [3.63, 3.8) is 0 Å². The summed E-state index contributed by atoms with van der Waals surface area (Å²) in [6, 6.07) is 7.97. The Morgan fingerprint density at radius 2 is 2.00 bits per heavy atom. The van der Waals surface area contributed by atoms with Gasteiger partial charge >= 0.3 is 0 Å². The second-order valence-electron chi connectivity index (χ2n) is 7.99. The summed E-state index contributed by atoms with van der Waals surface area (Å²) in [5.41, 5.74) is 3.87. The van der Waals surface area contributed by atoms with Gasteiger partial charge in [0, 0.05) is 58.5 Å². The van der Waals surface area contributed by atoms with E-state index in [4.69, 9.17) is 0 Å². The lowest BCUT2D eigenvalue weighted by Crippen LogP contribution is -2.45. The first-order chi connectivity index (χ1) is 12.6. The highest BCUT2D eigenvalue weighted by Crippen LogP contribution is 2.26. The molecule has 1 aliphatic carbocycles. The molecule has 0 aromatic heterocycles. The number of anilines is 1. The van der Waals surface area contributed by atoms with E-state index >= 15 is 0 Å². The monoisotopic (exact) mass is 357 g/mol. The van der Waals surface area contributed by atoms with E-state index in [9.17, 15) is 0 Å². The van der Waals surface area contributed by atoms with Crippen LogP contribution in [-0.2, 0) is 6.54 Å². The van der Waals surface area contributed by atoms with Crippen molar-refractivity contribution in [2.75, 3.05) is 39.1 Å². The number of aryl methyl sites for hydroxylation is 1. The average Bonchev–Trinajstić information content (AvgIpc) is 3.30. The molecular weight excluding hydrogens is 322 g/mol. The summed E-state index contributed by atoms with van der Waals surface area (Å²) < 4.78 is 0. The molecule has 5 nitrogen and oxygen atoms in total. The van der Waals surface area contributed by atoms with Gasteiger partial charge in [0.05, 0.1) is 0 Å². The second-order valence-corrected chi connectivity index (χ2v) is 7.99. The van der Waals surface area contributed by atoms with Crippen LogP contribution >= 0.6 is 0 Å². The lowest BCUT2D eigenvalue weighted by Gasteiger charge is -2.24. The van der Waals surface area contributed by atoms with E-state index in [2.05, 4.69) is 64.6 Å². The number of guanidine groups is 1. The molecule has 1 atom stereocenters. The van der Waals surface area contributed by atoms with Crippen LogP contribution in [0.5, 0.6) is 0 Å². The summed E-state index contributed by atoms with van der Waals surface area (Å²) in [4.78, 5) is 9.25. The first-order valence-corrected chi connectivity index (χ1v) is 10.0. The maximum atomic E-state index is 4.43. The summed E-state index contributed by atoms with van der Waals surface area (Å²) in [6.07, 6.45) is 6.82. The number of likely N-dealkylation sites (tertiary alicyclic amines) is 1. The van der Waals surface area contributed by atoms with E-state index < -0.39 is 0 Å². The van der Waals surface area contributed by atoms with Gasteiger partial charge in [-0.1, -0.05) is 18.9 Å². The van der Waals surface area contributed by atoms with E-state index in [0.29, 0.717) is 6.04 Å². The van der Waals surface area contributed by atoms with Crippen molar-refractivity contribution in [2.45, 2.75) is 57.7 Å². The van der Waals surface area contributed by atoms with Gasteiger partial charge in [-0.2, -0.15) is 0 Å². The van der Waals surface area contributed by atoms with Crippen molar-refractivity contribution < 1.29 is 0 Å². The Bertz CT molecular complexity index is 619. The third kappa shape index (κ3) is 4.70. The predicted octanol–water partition coefficient (Wildman–Crippen LogP) is 2.74. The quantitative estimate of drug-likeness (QED) is 0.628. The zero-order valence-corrected chi connectivity index (χ0v) is 16.9. The predicted molar refractivity (Wildman–Crippen MR) is 111 cm³/mol. The van der Waals surface area contributed by atoms with Crippen LogP contribution in [0.2, 0.25) is 0 Å². The van der Waals surface area contributed by atoms with Crippen molar-refractivity contribution >= 4 is 11.6 Å². The lowest BCUT2D eigenvalue weighted by molar-refractivity contribution is 0.242. The molecule has 0 amide bonds. The average molecular weight is 358 g/mol. The fourth-order valence-corrected chi connectivity index (χ4v) is 4.23. The summed E-state index contributed by atoms with van der Waals surface area (Å²) in [5.74, 6) is 0.916. The molecule has 3 rings (SSSR count). The number of nitrogens with one attached hydrogen (secondary N) is 2. The van der Waals surface area contributed by atoms with Gasteiger partial charge in [0.25, 0.3) is 0 Å². The summed E-state index contributed by atoms with van der Waals surface area (Å²) in [7, 11) is 6.02. The summed E-state index contributed by atoms with van der Waals surface area (Å²) in [5, 5.41) is 7.12. The number of nitrogens with zero attached hydrogens (tertiary/aromatic N) is 3. The Kier molecular flexibility index (Phi) is 6.41. The highest BCUT2D eigenvalue weighted by atomic mass is 15.3. The fraction of sp³-hybridized carbons (Fsp3) is 0.667. The van der Waals surface area contributed by atoms with Crippen molar-refractivity contribution in [1.82, 2.24) is 15.5 Å². The van der Waals surface area contributed by atoms with Crippen LogP contribution in [0, 0.1) is 6.92 Å². The molecular formula is C21H35N5. The van der Waals surface area contributed by atoms with E-state index in [1.54, 1.807) is 0 Å². The Morgan fingerprint density at radius 1 is 1.23 bits per heavy atom. The van der Waals surface area contributed by atoms with Crippen LogP contribution in [0.25, 0.3) is 0 Å². The lowest BCUT2D eigenvalue weighted by atomic mass is 10.1. The minimum absolute atomic E-state index is 0.513. The van der Waals surface area contributed by atoms with Crippen LogP contribution in [-0.4, -0.2) is 57.2 Å². The van der Waals surface area contributed by atoms with Crippen LogP contribution in [0.1, 0.15) is 43.2 Å². The summed E-state index contributed by atoms with van der Waals surface area (Å²) in [6.45, 7) is 5.36. The van der Waals surface area contributed by atoms with Gasteiger partial charge < -0.3 is 15.5 Å². The van der Waals surface area contributed by atoms with Crippen LogP contribution < -0.4 is 15.5 Å². The standard InChI is InChI=1S/C21H35N5/c1-16-13-20(25(3)4)10-9-17(16)14-23-21(22-2)24-18-11-12-26(15-18)19-7-5-6-8-19/h9-10,13,18-19H,5-8,11-12,14-15H2,1-4H3,(H2,22,23,24). The molecule has 144 valence electrons. The number of hydrogen-bond donors (Lipinski definition) is 2. The third-order valence-electron chi connectivity index (χ3n) is 5.91. The Balaban J connectivity index is 1.49. The topological polar surface area (TPSA) is 42.9 Å². The maximum Gasteiger partial charge on any atom is 0.191 e. The molecule has 1 aliphatic heterocycles. The highest BCUT2D eigenvalue weighted by molar-refractivity contribution is 5.80. The highest BCUT2D eigenvalue weighted by Gasteiger charge is 2.30. The molecule has 0 spiro atoms. The number of hydrogen-bond acceptors (Lipinski definition) is 3.